The van der Waals surface area contributed by atoms with Crippen LogP contribution in [-0.4, -0.2) is 54.3 Å². The number of amides is 2. The standard InChI is InChI=1S/C23H25F4N3O2/c24-22-18(8-4-9-19(22)23(25,26)27)14-21(32)30-11-5-10-29(12-13-30)16-20(31)28-15-17-6-2-1-3-7-17/h1-4,6-9H,5,10-16H2,(H,28,31). The molecule has 0 radical (unpaired) electrons. The Morgan fingerprint density at radius 1 is 0.938 bits per heavy atom. The second-order valence-electron chi connectivity index (χ2n) is 7.73. The molecule has 2 amide bonds. The zero-order valence-electron chi connectivity index (χ0n) is 17.5. The molecule has 0 aliphatic carbocycles. The van der Waals surface area contributed by atoms with E-state index in [4.69, 9.17) is 0 Å². The molecule has 1 saturated heterocycles. The van der Waals surface area contributed by atoms with E-state index < -0.39 is 29.9 Å². The van der Waals surface area contributed by atoms with Gasteiger partial charge in [-0.05, 0) is 23.6 Å². The third-order valence-electron chi connectivity index (χ3n) is 5.37. The minimum atomic E-state index is -4.81. The summed E-state index contributed by atoms with van der Waals surface area (Å²) in [6.45, 7) is 2.42. The van der Waals surface area contributed by atoms with Crippen LogP contribution in [0.1, 0.15) is 23.1 Å². The number of nitrogens with one attached hydrogen (secondary N) is 1. The largest absolute Gasteiger partial charge is 0.419 e. The molecule has 172 valence electrons. The van der Waals surface area contributed by atoms with Crippen molar-refractivity contribution >= 4 is 11.8 Å². The Morgan fingerprint density at radius 3 is 2.41 bits per heavy atom. The van der Waals surface area contributed by atoms with Gasteiger partial charge < -0.3 is 10.2 Å². The predicted molar refractivity (Wildman–Crippen MR) is 111 cm³/mol. The Hall–Kier alpha value is -2.94. The fourth-order valence-electron chi connectivity index (χ4n) is 3.64. The highest BCUT2D eigenvalue weighted by molar-refractivity contribution is 5.79. The smallest absolute Gasteiger partial charge is 0.351 e. The van der Waals surface area contributed by atoms with Gasteiger partial charge in [-0.3, -0.25) is 14.5 Å². The molecule has 2 aromatic rings. The van der Waals surface area contributed by atoms with Gasteiger partial charge in [0.2, 0.25) is 11.8 Å². The number of rotatable bonds is 6. The van der Waals surface area contributed by atoms with Crippen molar-refractivity contribution in [2.75, 3.05) is 32.7 Å². The van der Waals surface area contributed by atoms with Crippen LogP contribution in [0.3, 0.4) is 0 Å². The van der Waals surface area contributed by atoms with Crippen LogP contribution in [0.2, 0.25) is 0 Å². The van der Waals surface area contributed by atoms with Crippen LogP contribution in [0.25, 0.3) is 0 Å². The average molecular weight is 451 g/mol. The van der Waals surface area contributed by atoms with Gasteiger partial charge in [-0.15, -0.1) is 0 Å². The van der Waals surface area contributed by atoms with Crippen LogP contribution in [0, 0.1) is 5.82 Å². The summed E-state index contributed by atoms with van der Waals surface area (Å²) >= 11 is 0. The number of benzene rings is 2. The second kappa shape index (κ2) is 10.6. The van der Waals surface area contributed by atoms with Crippen LogP contribution >= 0.6 is 0 Å². The molecule has 32 heavy (non-hydrogen) atoms. The van der Waals surface area contributed by atoms with E-state index in [9.17, 15) is 27.2 Å². The number of halogens is 4. The molecular weight excluding hydrogens is 426 g/mol. The van der Waals surface area contributed by atoms with Crippen molar-refractivity contribution in [3.05, 3.63) is 71.0 Å². The lowest BCUT2D eigenvalue weighted by Crippen LogP contribution is -2.40. The third kappa shape index (κ3) is 6.53. The summed E-state index contributed by atoms with van der Waals surface area (Å²) in [5, 5.41) is 2.86. The summed E-state index contributed by atoms with van der Waals surface area (Å²) in [5.41, 5.74) is -0.645. The number of carbonyl (C=O) groups is 2. The molecule has 1 N–H and O–H groups in total. The van der Waals surface area contributed by atoms with Gasteiger partial charge in [-0.2, -0.15) is 13.2 Å². The number of hydrogen-bond donors (Lipinski definition) is 1. The number of hydrogen-bond acceptors (Lipinski definition) is 3. The van der Waals surface area contributed by atoms with Crippen LogP contribution < -0.4 is 5.32 Å². The highest BCUT2D eigenvalue weighted by Gasteiger charge is 2.35. The van der Waals surface area contributed by atoms with Crippen molar-refractivity contribution in [1.82, 2.24) is 15.1 Å². The van der Waals surface area contributed by atoms with E-state index in [-0.39, 0.29) is 18.0 Å². The summed E-state index contributed by atoms with van der Waals surface area (Å²) in [4.78, 5) is 28.3. The average Bonchev–Trinajstić information content (AvgIpc) is 2.99. The van der Waals surface area contributed by atoms with Crippen molar-refractivity contribution in [2.45, 2.75) is 25.6 Å². The summed E-state index contributed by atoms with van der Waals surface area (Å²) in [7, 11) is 0. The zero-order chi connectivity index (χ0) is 23.1. The van der Waals surface area contributed by atoms with Gasteiger partial charge in [0.25, 0.3) is 0 Å². The molecule has 1 fully saturated rings. The van der Waals surface area contributed by atoms with Gasteiger partial charge >= 0.3 is 6.18 Å². The third-order valence-corrected chi connectivity index (χ3v) is 5.37. The molecule has 2 aromatic carbocycles. The van der Waals surface area contributed by atoms with Gasteiger partial charge in [0.15, 0.2) is 0 Å². The normalized spacial score (nSPS) is 15.3. The Kier molecular flexibility index (Phi) is 7.84. The van der Waals surface area contributed by atoms with Crippen molar-refractivity contribution in [3.8, 4) is 0 Å². The van der Waals surface area contributed by atoms with Gasteiger partial charge in [-0.1, -0.05) is 42.5 Å². The topological polar surface area (TPSA) is 52.7 Å². The lowest BCUT2D eigenvalue weighted by atomic mass is 10.1. The molecule has 1 aliphatic rings. The highest BCUT2D eigenvalue weighted by Crippen LogP contribution is 2.32. The van der Waals surface area contributed by atoms with Crippen LogP contribution in [0.5, 0.6) is 0 Å². The maximum atomic E-state index is 14.2. The van der Waals surface area contributed by atoms with Crippen LogP contribution in [0.15, 0.2) is 48.5 Å². The molecule has 0 saturated carbocycles. The first-order valence-corrected chi connectivity index (χ1v) is 10.4. The Bertz CT molecular complexity index is 935. The molecule has 0 aromatic heterocycles. The van der Waals surface area contributed by atoms with Gasteiger partial charge in [-0.25, -0.2) is 4.39 Å². The highest BCUT2D eigenvalue weighted by atomic mass is 19.4. The fraction of sp³-hybridized carbons (Fsp3) is 0.391. The first-order chi connectivity index (χ1) is 15.2. The second-order valence-corrected chi connectivity index (χ2v) is 7.73. The van der Waals surface area contributed by atoms with Crippen LogP contribution in [0.4, 0.5) is 17.6 Å². The number of carbonyl (C=O) groups excluding carboxylic acids is 2. The summed E-state index contributed by atoms with van der Waals surface area (Å²) in [6.07, 6.45) is -4.64. The Labute approximate surface area is 184 Å². The fourth-order valence-corrected chi connectivity index (χ4v) is 3.64. The van der Waals surface area contributed by atoms with Crippen LogP contribution in [-0.2, 0) is 28.7 Å². The first-order valence-electron chi connectivity index (χ1n) is 10.4. The van der Waals surface area contributed by atoms with E-state index in [0.29, 0.717) is 45.2 Å². The predicted octanol–water partition coefficient (Wildman–Crippen LogP) is 3.24. The molecule has 1 heterocycles. The molecule has 5 nitrogen and oxygen atoms in total. The quantitative estimate of drug-likeness (QED) is 0.687. The van der Waals surface area contributed by atoms with Crippen molar-refractivity contribution in [1.29, 1.82) is 0 Å². The molecule has 9 heteroatoms. The van der Waals surface area contributed by atoms with E-state index in [1.165, 1.54) is 11.0 Å². The molecule has 0 atom stereocenters. The van der Waals surface area contributed by atoms with Gasteiger partial charge in [0, 0.05) is 32.7 Å². The molecule has 1 aliphatic heterocycles. The van der Waals surface area contributed by atoms with Gasteiger partial charge in [0.05, 0.1) is 18.5 Å². The zero-order valence-corrected chi connectivity index (χ0v) is 17.5. The van der Waals surface area contributed by atoms with E-state index in [1.807, 2.05) is 35.2 Å². The summed E-state index contributed by atoms with van der Waals surface area (Å²) < 4.78 is 52.9. The van der Waals surface area contributed by atoms with E-state index in [1.54, 1.807) is 0 Å². The van der Waals surface area contributed by atoms with E-state index in [0.717, 1.165) is 11.6 Å². The van der Waals surface area contributed by atoms with Crippen molar-refractivity contribution in [2.24, 2.45) is 0 Å². The monoisotopic (exact) mass is 451 g/mol. The molecule has 0 spiro atoms. The van der Waals surface area contributed by atoms with Crippen molar-refractivity contribution < 1.29 is 27.2 Å². The Balaban J connectivity index is 1.50. The Morgan fingerprint density at radius 2 is 1.69 bits per heavy atom. The lowest BCUT2D eigenvalue weighted by Gasteiger charge is -2.22. The summed E-state index contributed by atoms with van der Waals surface area (Å²) in [6, 6.07) is 12.5. The SMILES string of the molecule is O=C(CN1CCCN(C(=O)Cc2cccc(C(F)(F)F)c2F)CC1)NCc1ccccc1. The van der Waals surface area contributed by atoms with Crippen molar-refractivity contribution in [3.63, 3.8) is 0 Å². The maximum absolute atomic E-state index is 14.2. The van der Waals surface area contributed by atoms with Gasteiger partial charge in [0.1, 0.15) is 5.82 Å². The van der Waals surface area contributed by atoms with E-state index >= 15 is 0 Å². The number of nitrogens with zero attached hydrogens (tertiary/aromatic N) is 2. The summed E-state index contributed by atoms with van der Waals surface area (Å²) in [5.74, 6) is -1.96. The number of alkyl halides is 3. The molecule has 3 rings (SSSR count). The lowest BCUT2D eigenvalue weighted by molar-refractivity contribution is -0.140. The molecule has 0 bridgehead atoms. The van der Waals surface area contributed by atoms with E-state index in [2.05, 4.69) is 5.32 Å². The molecule has 0 unspecified atom stereocenters. The maximum Gasteiger partial charge on any atom is 0.419 e. The molecular formula is C23H25F4N3O2. The minimum absolute atomic E-state index is 0.125. The first kappa shape index (κ1) is 23.7. The minimum Gasteiger partial charge on any atom is -0.351 e.